The Morgan fingerprint density at radius 1 is 1.00 bits per heavy atom. The van der Waals surface area contributed by atoms with Crippen LogP contribution in [-0.4, -0.2) is 54.2 Å². The summed E-state index contributed by atoms with van der Waals surface area (Å²) in [4.78, 5) is 17.5. The third-order valence-electron chi connectivity index (χ3n) is 8.74. The number of carbonyl (C=O) groups excluding carboxylic acids is 1. The Kier molecular flexibility index (Phi) is 6.53. The predicted molar refractivity (Wildman–Crippen MR) is 152 cm³/mol. The molecule has 2 saturated heterocycles. The monoisotopic (exact) mass is 526 g/mol. The van der Waals surface area contributed by atoms with E-state index in [1.807, 2.05) is 30.5 Å². The maximum atomic E-state index is 12.6. The molecule has 0 amide bonds. The zero-order valence-corrected chi connectivity index (χ0v) is 23.3. The lowest BCUT2D eigenvalue weighted by atomic mass is 9.80. The Balaban J connectivity index is 1.61. The van der Waals surface area contributed by atoms with Crippen molar-refractivity contribution in [1.82, 2.24) is 9.55 Å². The molecule has 2 aromatic heterocycles. The van der Waals surface area contributed by atoms with Crippen molar-refractivity contribution in [3.05, 3.63) is 71.9 Å². The number of nitrogens with zero attached hydrogens (tertiary/aromatic N) is 2. The fourth-order valence-electron chi connectivity index (χ4n) is 5.89. The fourth-order valence-corrected chi connectivity index (χ4v) is 5.89. The third kappa shape index (κ3) is 4.44. The average molecular weight is 526 g/mol. The second kappa shape index (κ2) is 9.77. The number of pyridine rings is 1. The quantitative estimate of drug-likeness (QED) is 0.260. The molecule has 2 aliphatic heterocycles. The summed E-state index contributed by atoms with van der Waals surface area (Å²) >= 11 is 0. The van der Waals surface area contributed by atoms with E-state index in [4.69, 9.17) is 23.8 Å². The summed E-state index contributed by atoms with van der Waals surface area (Å²) < 4.78 is 26.0. The standard InChI is InChI=1S/C31H35BN2O5/c1-30(2)31(3,4)39-32(38-30)23-18-26-27(33-19-23)24-12-11-22(29(35)36-5)17-25(24)34(26)28(20-9-7-6-8-10-20)21-13-15-37-16-14-21/h6-12,17-19,21,28H,13-16H2,1-5H3. The minimum absolute atomic E-state index is 0.0262. The summed E-state index contributed by atoms with van der Waals surface area (Å²) in [5.74, 6) is -0.0101. The smallest absolute Gasteiger partial charge is 0.465 e. The number of hydrogen-bond acceptors (Lipinski definition) is 6. The van der Waals surface area contributed by atoms with Crippen LogP contribution in [0.3, 0.4) is 0 Å². The number of methoxy groups -OCH3 is 1. The first-order valence-electron chi connectivity index (χ1n) is 13.7. The first-order chi connectivity index (χ1) is 18.7. The second-order valence-corrected chi connectivity index (χ2v) is 11.6. The molecule has 7 nitrogen and oxygen atoms in total. The normalized spacial score (nSPS) is 20.0. The average Bonchev–Trinajstić information content (AvgIpc) is 3.37. The van der Waals surface area contributed by atoms with Gasteiger partial charge in [0.05, 0.1) is 46.5 Å². The molecule has 39 heavy (non-hydrogen) atoms. The number of fused-ring (bicyclic) bond motifs is 3. The van der Waals surface area contributed by atoms with E-state index in [1.54, 1.807) is 0 Å². The van der Waals surface area contributed by atoms with E-state index in [-0.39, 0.29) is 12.0 Å². The molecule has 0 N–H and O–H groups in total. The molecule has 8 heteroatoms. The molecular formula is C31H35BN2O5. The van der Waals surface area contributed by atoms with E-state index in [1.165, 1.54) is 12.7 Å². The molecule has 1 unspecified atom stereocenters. The van der Waals surface area contributed by atoms with Crippen LogP contribution >= 0.6 is 0 Å². The molecule has 0 saturated carbocycles. The van der Waals surface area contributed by atoms with Crippen molar-refractivity contribution in [1.29, 1.82) is 0 Å². The van der Waals surface area contributed by atoms with Gasteiger partial charge in [0, 0.05) is 30.3 Å². The largest absolute Gasteiger partial charge is 0.496 e. The Bertz CT molecular complexity index is 1510. The van der Waals surface area contributed by atoms with Crippen LogP contribution in [0.15, 0.2) is 60.8 Å². The van der Waals surface area contributed by atoms with Gasteiger partial charge in [0.25, 0.3) is 0 Å². The van der Waals surface area contributed by atoms with Gasteiger partial charge in [-0.2, -0.15) is 0 Å². The second-order valence-electron chi connectivity index (χ2n) is 11.6. The Morgan fingerprint density at radius 3 is 2.36 bits per heavy atom. The Labute approximate surface area is 229 Å². The lowest BCUT2D eigenvalue weighted by Gasteiger charge is -2.33. The van der Waals surface area contributed by atoms with E-state index in [9.17, 15) is 4.79 Å². The van der Waals surface area contributed by atoms with E-state index in [0.29, 0.717) is 11.5 Å². The van der Waals surface area contributed by atoms with Crippen molar-refractivity contribution in [3.8, 4) is 0 Å². The first kappa shape index (κ1) is 26.0. The van der Waals surface area contributed by atoms with Gasteiger partial charge in [-0.25, -0.2) is 4.79 Å². The molecule has 0 radical (unpaired) electrons. The van der Waals surface area contributed by atoms with Gasteiger partial charge in [0.1, 0.15) is 0 Å². The molecule has 2 aromatic carbocycles. The van der Waals surface area contributed by atoms with Crippen LogP contribution in [-0.2, 0) is 18.8 Å². The van der Waals surface area contributed by atoms with E-state index in [2.05, 4.69) is 62.6 Å². The summed E-state index contributed by atoms with van der Waals surface area (Å²) in [5, 5.41) is 0.992. The molecule has 2 fully saturated rings. The summed E-state index contributed by atoms with van der Waals surface area (Å²) in [5.41, 5.74) is 4.51. The third-order valence-corrected chi connectivity index (χ3v) is 8.74. The van der Waals surface area contributed by atoms with Crippen molar-refractivity contribution in [2.24, 2.45) is 5.92 Å². The minimum Gasteiger partial charge on any atom is -0.465 e. The number of carbonyl (C=O) groups is 1. The van der Waals surface area contributed by atoms with Crippen LogP contribution in [0.1, 0.15) is 62.5 Å². The zero-order chi connectivity index (χ0) is 27.4. The highest BCUT2D eigenvalue weighted by Crippen LogP contribution is 2.41. The number of esters is 1. The van der Waals surface area contributed by atoms with Gasteiger partial charge in [-0.3, -0.25) is 4.98 Å². The molecular weight excluding hydrogens is 491 g/mol. The lowest BCUT2D eigenvalue weighted by molar-refractivity contribution is 0.00578. The SMILES string of the molecule is COC(=O)c1ccc2c3ncc(B4OC(C)(C)C(C)(C)O4)cc3n(C(c3ccccc3)C3CCOCC3)c2c1. The van der Waals surface area contributed by atoms with Crippen molar-refractivity contribution < 1.29 is 23.6 Å². The Hall–Kier alpha value is -3.20. The first-order valence-corrected chi connectivity index (χ1v) is 13.7. The number of aromatic nitrogens is 2. The van der Waals surface area contributed by atoms with Crippen LogP contribution in [0, 0.1) is 5.92 Å². The molecule has 0 spiro atoms. The van der Waals surface area contributed by atoms with Gasteiger partial charge < -0.3 is 23.3 Å². The van der Waals surface area contributed by atoms with Crippen molar-refractivity contribution in [2.75, 3.05) is 20.3 Å². The van der Waals surface area contributed by atoms with E-state index < -0.39 is 18.3 Å². The van der Waals surface area contributed by atoms with Gasteiger partial charge in [-0.05, 0) is 76.3 Å². The highest BCUT2D eigenvalue weighted by atomic mass is 16.7. The zero-order valence-electron chi connectivity index (χ0n) is 23.3. The fraction of sp³-hybridized carbons (Fsp3) is 0.419. The van der Waals surface area contributed by atoms with Gasteiger partial charge in [0.2, 0.25) is 0 Å². The van der Waals surface area contributed by atoms with Gasteiger partial charge in [0.15, 0.2) is 0 Å². The van der Waals surface area contributed by atoms with Gasteiger partial charge >= 0.3 is 13.1 Å². The topological polar surface area (TPSA) is 71.8 Å². The summed E-state index contributed by atoms with van der Waals surface area (Å²) in [6.07, 6.45) is 3.75. The summed E-state index contributed by atoms with van der Waals surface area (Å²) in [6, 6.07) is 18.5. The highest BCUT2D eigenvalue weighted by molar-refractivity contribution is 6.62. The van der Waals surface area contributed by atoms with Crippen LogP contribution in [0.5, 0.6) is 0 Å². The van der Waals surface area contributed by atoms with Crippen LogP contribution in [0.25, 0.3) is 21.9 Å². The lowest BCUT2D eigenvalue weighted by Crippen LogP contribution is -2.41. The molecule has 4 aromatic rings. The summed E-state index contributed by atoms with van der Waals surface area (Å²) in [7, 11) is 0.886. The van der Waals surface area contributed by atoms with Gasteiger partial charge in [-0.15, -0.1) is 0 Å². The maximum absolute atomic E-state index is 12.6. The molecule has 4 heterocycles. The number of hydrogen-bond donors (Lipinski definition) is 0. The molecule has 0 bridgehead atoms. The van der Waals surface area contributed by atoms with Crippen molar-refractivity contribution in [2.45, 2.75) is 57.8 Å². The summed E-state index contributed by atoms with van der Waals surface area (Å²) in [6.45, 7) is 9.69. The van der Waals surface area contributed by atoms with Crippen LogP contribution in [0.2, 0.25) is 0 Å². The van der Waals surface area contributed by atoms with E-state index >= 15 is 0 Å². The Morgan fingerprint density at radius 2 is 1.69 bits per heavy atom. The van der Waals surface area contributed by atoms with Crippen LogP contribution in [0.4, 0.5) is 0 Å². The predicted octanol–water partition coefficient (Wildman–Crippen LogP) is 5.29. The molecule has 2 aliphatic rings. The molecule has 0 aliphatic carbocycles. The van der Waals surface area contributed by atoms with Crippen molar-refractivity contribution in [3.63, 3.8) is 0 Å². The maximum Gasteiger partial charge on any atom is 0.496 e. The molecule has 1 atom stereocenters. The van der Waals surface area contributed by atoms with Gasteiger partial charge in [-0.1, -0.05) is 30.3 Å². The number of benzene rings is 2. The number of rotatable bonds is 5. The molecule has 202 valence electrons. The van der Waals surface area contributed by atoms with Crippen LogP contribution < -0.4 is 5.46 Å². The van der Waals surface area contributed by atoms with Crippen molar-refractivity contribution >= 4 is 40.5 Å². The minimum atomic E-state index is -0.526. The van der Waals surface area contributed by atoms with E-state index in [0.717, 1.165) is 53.5 Å². The molecule has 6 rings (SSSR count). The highest BCUT2D eigenvalue weighted by Gasteiger charge is 2.52. The number of ether oxygens (including phenoxy) is 2.